The van der Waals surface area contributed by atoms with Crippen molar-refractivity contribution in [3.8, 4) is 23.6 Å². The van der Waals surface area contributed by atoms with Gasteiger partial charge in [0.15, 0.2) is 0 Å². The lowest BCUT2D eigenvalue weighted by molar-refractivity contribution is -0.138. The van der Waals surface area contributed by atoms with Crippen molar-refractivity contribution in [3.63, 3.8) is 0 Å². The van der Waals surface area contributed by atoms with Crippen LogP contribution in [0.1, 0.15) is 114 Å². The fourth-order valence-corrected chi connectivity index (χ4v) is 15.3. The fourth-order valence-electron chi connectivity index (χ4n) is 13.9. The van der Waals surface area contributed by atoms with Gasteiger partial charge in [-0.25, -0.2) is 15.0 Å². The maximum absolute atomic E-state index is 13.5. The van der Waals surface area contributed by atoms with Gasteiger partial charge in [0.25, 0.3) is 44.5 Å². The van der Waals surface area contributed by atoms with Gasteiger partial charge in [-0.3, -0.25) is 61.0 Å². The molecule has 10 aromatic rings. The molecule has 4 aliphatic heterocycles. The van der Waals surface area contributed by atoms with Crippen LogP contribution in [-0.4, -0.2) is 165 Å². The van der Waals surface area contributed by atoms with Crippen LogP contribution < -0.4 is 42.8 Å². The molecule has 2 saturated carbocycles. The molecule has 0 unspecified atom stereocenters. The third-order valence-electron chi connectivity index (χ3n) is 21.7. The number of aromatic nitrogens is 6. The first-order valence-electron chi connectivity index (χ1n) is 40.0. The molecule has 30 nitrogen and oxygen atoms in total. The van der Waals surface area contributed by atoms with Crippen LogP contribution in [0.5, 0.6) is 11.5 Å². The number of aryl methyl sites for hydroxylation is 1. The standard InChI is InChI=1S/C27H30BClN4O5.C27H26ClN5O4.C22H21ClN4O4.C12H13NO3S/c1-17-12-32(13-17)23(34)14-33-24-19(8-20(11-30-24)28-37-15-27(2,3)16-38-28)9-22(26(33)36)25(35)31-10-18-4-6-21(29)7-5-18;1-17-12-32(13-17)23(34)14-33-24-19(8-21(11-30-24)37-16-27(15-29)6-7-27)9-22(26(33)36)25(35)31-10-18-2-4-20(28)5-3-18;1-13-10-26(11-13)19(29)12-27-20-15(6-17(28)9-24-20)7-18(22(27)31)21(30)25-8-14-2-4-16(23)5-3-14;1-10-2-4-11(5-3-10)17(14,15)16-9-12(8-13)6-7-12/h4-9,11,17H,10,12-16H2,1-3H3,(H,31,35);2-5,8-9,11,17H,6-7,10,12-14,16H2,1H3,(H,31,35);2-7,9,13,28H,8,10-12H2,1H3,(H,25,30);2-5H,6-7,9H2,1H3. The molecule has 35 heteroatoms. The average Bonchev–Trinajstić information content (AvgIpc) is 1.74. The summed E-state index contributed by atoms with van der Waals surface area (Å²) in [6.07, 6.45) is 7.28. The molecule has 0 bridgehead atoms. The Labute approximate surface area is 723 Å². The number of likely N-dealkylation sites (tertiary alicyclic amines) is 3. The number of nitriles is 2. The average molecular weight is 1750 g/mol. The normalized spacial score (nSPS) is 16.1. The number of halogens is 3. The predicted octanol–water partition coefficient (Wildman–Crippen LogP) is 9.54. The number of nitrogens with one attached hydrogen (secondary N) is 3. The first-order valence-corrected chi connectivity index (χ1v) is 42.6. The molecule has 6 aliphatic rings. The third kappa shape index (κ3) is 22.1. The summed E-state index contributed by atoms with van der Waals surface area (Å²) in [7, 11) is -4.34. The summed E-state index contributed by atoms with van der Waals surface area (Å²) in [6, 6.07) is 41.1. The van der Waals surface area contributed by atoms with E-state index in [-0.39, 0.29) is 114 Å². The number of nitrogens with zero attached hydrogens (tertiary/aromatic N) is 11. The number of pyridine rings is 6. The van der Waals surface area contributed by atoms with Crippen molar-refractivity contribution < 1.29 is 60.5 Å². The molecule has 0 atom stereocenters. The second-order valence-corrected chi connectivity index (χ2v) is 36.0. The minimum Gasteiger partial charge on any atom is -0.506 e. The van der Waals surface area contributed by atoms with Crippen LogP contribution >= 0.6 is 34.8 Å². The molecule has 123 heavy (non-hydrogen) atoms. The van der Waals surface area contributed by atoms with E-state index in [9.17, 15) is 61.9 Å². The number of hydrogen-bond donors (Lipinski definition) is 4. The lowest BCUT2D eigenvalue weighted by Crippen LogP contribution is -2.50. The number of carbonyl (C=O) groups is 6. The molecule has 10 heterocycles. The van der Waals surface area contributed by atoms with Gasteiger partial charge in [-0.2, -0.15) is 18.9 Å². The molecule has 6 fully saturated rings. The zero-order valence-corrected chi connectivity index (χ0v) is 71.5. The number of hydrogen-bond acceptors (Lipinski definition) is 21. The Morgan fingerprint density at radius 3 is 1.25 bits per heavy atom. The lowest BCUT2D eigenvalue weighted by atomic mass is 9.76. The van der Waals surface area contributed by atoms with Crippen LogP contribution in [0.2, 0.25) is 15.1 Å². The number of ether oxygens (including phenoxy) is 1. The van der Waals surface area contributed by atoms with E-state index in [1.165, 1.54) is 62.5 Å². The lowest BCUT2D eigenvalue weighted by Gasteiger charge is -2.37. The first-order chi connectivity index (χ1) is 58.6. The van der Waals surface area contributed by atoms with Crippen LogP contribution in [-0.2, 0) is 77.3 Å². The summed E-state index contributed by atoms with van der Waals surface area (Å²) in [6.45, 7) is 17.3. The molecule has 4 saturated heterocycles. The van der Waals surface area contributed by atoms with Gasteiger partial charge < -0.3 is 49.8 Å². The van der Waals surface area contributed by atoms with Gasteiger partial charge in [-0.15, -0.1) is 0 Å². The van der Waals surface area contributed by atoms with Crippen molar-refractivity contribution >= 4 is 126 Å². The maximum atomic E-state index is 13.5. The van der Waals surface area contributed by atoms with Crippen LogP contribution in [0, 0.1) is 63.6 Å². The van der Waals surface area contributed by atoms with Crippen molar-refractivity contribution in [2.24, 2.45) is 34.0 Å². The number of benzene rings is 4. The smallest absolute Gasteiger partial charge is 0.495 e. The maximum Gasteiger partial charge on any atom is 0.495 e. The number of rotatable bonds is 23. The Balaban J connectivity index is 0.000000146. The summed E-state index contributed by atoms with van der Waals surface area (Å²) in [5.74, 6) is -0.679. The van der Waals surface area contributed by atoms with Crippen molar-refractivity contribution in [2.75, 3.05) is 65.7 Å². The van der Waals surface area contributed by atoms with Crippen molar-refractivity contribution in [2.45, 2.75) is 111 Å². The number of amides is 6. The molecule has 0 spiro atoms. The number of fused-ring (bicyclic) bond motifs is 3. The highest BCUT2D eigenvalue weighted by Crippen LogP contribution is 2.46. The van der Waals surface area contributed by atoms with Gasteiger partial charge in [0.1, 0.15) is 71.4 Å². The monoisotopic (exact) mass is 1750 g/mol. The van der Waals surface area contributed by atoms with E-state index in [4.69, 9.17) is 58.3 Å². The van der Waals surface area contributed by atoms with Gasteiger partial charge in [0.05, 0.1) is 46.9 Å². The third-order valence-corrected chi connectivity index (χ3v) is 23.8. The van der Waals surface area contributed by atoms with Crippen molar-refractivity contribution in [1.29, 1.82) is 10.5 Å². The van der Waals surface area contributed by atoms with E-state index < -0.39 is 62.5 Å². The fraction of sp³-hybridized carbons (Fsp3) is 0.364. The highest BCUT2D eigenvalue weighted by Gasteiger charge is 2.46. The number of carbonyl (C=O) groups excluding carboxylic acids is 6. The molecule has 638 valence electrons. The second kappa shape index (κ2) is 37.9. The largest absolute Gasteiger partial charge is 0.506 e. The molecular weight excluding hydrogens is 1660 g/mol. The Bertz CT molecular complexity index is 6110. The summed E-state index contributed by atoms with van der Waals surface area (Å²) in [5, 5.41) is 39.4. The van der Waals surface area contributed by atoms with Gasteiger partial charge >= 0.3 is 7.12 Å². The zero-order chi connectivity index (χ0) is 87.8. The molecule has 4 aromatic carbocycles. The minimum absolute atomic E-state index is 0.0420. The van der Waals surface area contributed by atoms with Crippen LogP contribution in [0.25, 0.3) is 33.1 Å². The molecule has 4 N–H and O–H groups in total. The Morgan fingerprint density at radius 2 is 0.878 bits per heavy atom. The van der Waals surface area contributed by atoms with Crippen LogP contribution in [0.3, 0.4) is 0 Å². The van der Waals surface area contributed by atoms with Crippen LogP contribution in [0.15, 0.2) is 171 Å². The highest BCUT2D eigenvalue weighted by atomic mass is 35.5. The summed E-state index contributed by atoms with van der Waals surface area (Å²) >= 11 is 17.7. The van der Waals surface area contributed by atoms with Gasteiger partial charge in [0, 0.05) is 120 Å². The molecule has 6 aromatic heterocycles. The van der Waals surface area contributed by atoms with E-state index >= 15 is 0 Å². The van der Waals surface area contributed by atoms with Crippen molar-refractivity contribution in [3.05, 3.63) is 237 Å². The van der Waals surface area contributed by atoms with Gasteiger partial charge in [0.2, 0.25) is 17.7 Å². The van der Waals surface area contributed by atoms with Gasteiger partial charge in [-0.1, -0.05) is 124 Å². The Kier molecular flexibility index (Phi) is 27.4. The molecule has 16 rings (SSSR count). The molecule has 2 aliphatic carbocycles. The molecule has 0 radical (unpaired) electrons. The second-order valence-electron chi connectivity index (χ2n) is 33.1. The predicted molar refractivity (Wildman–Crippen MR) is 460 cm³/mol. The van der Waals surface area contributed by atoms with E-state index in [0.717, 1.165) is 35.1 Å². The van der Waals surface area contributed by atoms with E-state index in [2.05, 4.69) is 70.7 Å². The Hall–Kier alpha value is -11.9. The van der Waals surface area contributed by atoms with E-state index in [1.54, 1.807) is 118 Å². The number of aromatic hydroxyl groups is 1. The van der Waals surface area contributed by atoms with Crippen molar-refractivity contribution in [1.82, 2.24) is 59.3 Å². The zero-order valence-electron chi connectivity index (χ0n) is 68.4. The minimum atomic E-state index is -3.73. The SMILES string of the molecule is CC1CN(C(=O)Cn2c(=O)c(C(=O)NCc3ccc(Cl)cc3)cc3cc(B4OCC(C)(C)CO4)cnc32)C1.CC1CN(C(=O)Cn2c(=O)c(C(=O)NCc3ccc(Cl)cc3)cc3cc(O)cnc32)C1.CC1CN(C(=O)Cn2c(=O)c(C(=O)NCc3ccc(Cl)cc3)cc3cc(OCC4(C#N)CC4)cnc32)C1.Cc1ccc(S(=O)(=O)OCC2(C#N)CC2)cc1. The first kappa shape index (κ1) is 88.9. The van der Waals surface area contributed by atoms with Gasteiger partial charge in [-0.05, 0) is 152 Å². The van der Waals surface area contributed by atoms with E-state index in [1.807, 2.05) is 13.8 Å². The van der Waals surface area contributed by atoms with Crippen LogP contribution in [0.4, 0.5) is 0 Å². The highest BCUT2D eigenvalue weighted by molar-refractivity contribution is 7.86. The summed E-state index contributed by atoms with van der Waals surface area (Å²) in [4.78, 5) is 136. The Morgan fingerprint density at radius 1 is 0.520 bits per heavy atom. The molecular formula is C88H90BCl3N14O16S. The summed E-state index contributed by atoms with van der Waals surface area (Å²) in [5.41, 5.74) is 1.81. The quantitative estimate of drug-likeness (QED) is 0.0342. The summed E-state index contributed by atoms with van der Waals surface area (Å²) < 4.78 is 49.9. The topological polar surface area (TPSA) is 392 Å². The van der Waals surface area contributed by atoms with E-state index in [0.29, 0.717) is 131 Å². The molecule has 6 amide bonds.